The third-order valence-corrected chi connectivity index (χ3v) is 5.59. The number of nitrogen functional groups attached to an aromatic ring is 1. The van der Waals surface area contributed by atoms with Crippen LogP contribution >= 0.6 is 0 Å². The number of hydrogen-bond donors (Lipinski definition) is 2. The van der Waals surface area contributed by atoms with E-state index >= 15 is 0 Å². The molecule has 160 valence electrons. The molecule has 6 nitrogen and oxygen atoms in total. The van der Waals surface area contributed by atoms with Crippen LogP contribution in [0.15, 0.2) is 48.5 Å². The summed E-state index contributed by atoms with van der Waals surface area (Å²) in [5.74, 6) is 0.331. The number of aliphatic hydroxyl groups is 1. The van der Waals surface area contributed by atoms with Crippen molar-refractivity contribution < 1.29 is 19.4 Å². The topological polar surface area (TPSA) is 92.9 Å². The van der Waals surface area contributed by atoms with Gasteiger partial charge in [0.15, 0.2) is 0 Å². The molecule has 1 aliphatic heterocycles. The molecule has 0 aromatic heterocycles. The second kappa shape index (κ2) is 7.71. The smallest absolute Gasteiger partial charge is 0.261 e. The van der Waals surface area contributed by atoms with Crippen LogP contribution in [0, 0.1) is 0 Å². The molecule has 1 heterocycles. The summed E-state index contributed by atoms with van der Waals surface area (Å²) in [6.07, 6.45) is 0.341. The Hall–Kier alpha value is -3.38. The first-order valence-electron chi connectivity index (χ1n) is 10.3. The van der Waals surface area contributed by atoms with Crippen LogP contribution < -0.4 is 10.5 Å². The fraction of sp³-hybridized carbons (Fsp3) is 0.280. The van der Waals surface area contributed by atoms with Gasteiger partial charge in [0.25, 0.3) is 11.8 Å². The maximum atomic E-state index is 12.9. The van der Waals surface area contributed by atoms with Crippen molar-refractivity contribution in [1.82, 2.24) is 4.90 Å². The molecule has 0 atom stereocenters. The lowest BCUT2D eigenvalue weighted by molar-refractivity contribution is 0.0601. The molecule has 3 aromatic rings. The number of imide groups is 1. The first-order chi connectivity index (χ1) is 14.7. The third kappa shape index (κ3) is 3.64. The molecule has 1 aliphatic rings. The SMILES string of the molecule is CC(C)(C)c1ccc(Oc2ccc3c4c(cccc24)C(=O)N(CCCO)C3=O)c(N)c1. The highest BCUT2D eigenvalue weighted by atomic mass is 16.5. The van der Waals surface area contributed by atoms with Crippen LogP contribution in [0.2, 0.25) is 0 Å². The largest absolute Gasteiger partial charge is 0.455 e. The van der Waals surface area contributed by atoms with E-state index in [4.69, 9.17) is 15.6 Å². The van der Waals surface area contributed by atoms with Crippen molar-refractivity contribution in [2.24, 2.45) is 0 Å². The predicted octanol–water partition coefficient (Wildman–Crippen LogP) is 4.49. The summed E-state index contributed by atoms with van der Waals surface area (Å²) in [4.78, 5) is 27.1. The lowest BCUT2D eigenvalue weighted by Gasteiger charge is -2.27. The van der Waals surface area contributed by atoms with Crippen LogP contribution in [0.25, 0.3) is 10.8 Å². The molecular weight excluding hydrogens is 392 g/mol. The normalized spacial score (nSPS) is 13.7. The van der Waals surface area contributed by atoms with Crippen molar-refractivity contribution >= 4 is 28.3 Å². The first-order valence-corrected chi connectivity index (χ1v) is 10.3. The minimum absolute atomic E-state index is 0.0322. The molecule has 3 N–H and O–H groups in total. The Labute approximate surface area is 181 Å². The van der Waals surface area contributed by atoms with Crippen LogP contribution in [-0.2, 0) is 5.41 Å². The Morgan fingerprint density at radius 2 is 1.65 bits per heavy atom. The number of amides is 2. The van der Waals surface area contributed by atoms with Gasteiger partial charge in [0.05, 0.1) is 5.69 Å². The molecule has 4 rings (SSSR count). The van der Waals surface area contributed by atoms with E-state index in [-0.39, 0.29) is 30.4 Å². The number of aliphatic hydroxyl groups excluding tert-OH is 1. The lowest BCUT2D eigenvalue weighted by Crippen LogP contribution is -2.41. The second-order valence-electron chi connectivity index (χ2n) is 8.78. The zero-order chi connectivity index (χ0) is 22.3. The van der Waals surface area contributed by atoms with Crippen molar-refractivity contribution in [1.29, 1.82) is 0 Å². The molecule has 0 radical (unpaired) electrons. The molecule has 3 aromatic carbocycles. The molecule has 0 unspecified atom stereocenters. The van der Waals surface area contributed by atoms with E-state index in [1.54, 1.807) is 24.3 Å². The molecule has 0 saturated heterocycles. The number of anilines is 1. The van der Waals surface area contributed by atoms with Gasteiger partial charge < -0.3 is 15.6 Å². The Morgan fingerprint density at radius 3 is 2.29 bits per heavy atom. The van der Waals surface area contributed by atoms with Gasteiger partial charge in [-0.05, 0) is 47.7 Å². The van der Waals surface area contributed by atoms with Gasteiger partial charge in [-0.15, -0.1) is 0 Å². The summed E-state index contributed by atoms with van der Waals surface area (Å²) in [7, 11) is 0. The van der Waals surface area contributed by atoms with E-state index in [1.807, 2.05) is 24.3 Å². The third-order valence-electron chi connectivity index (χ3n) is 5.59. The molecule has 0 bridgehead atoms. The van der Waals surface area contributed by atoms with Gasteiger partial charge in [-0.25, -0.2) is 0 Å². The highest BCUT2D eigenvalue weighted by Crippen LogP contribution is 2.39. The minimum atomic E-state index is -0.359. The molecule has 0 saturated carbocycles. The van der Waals surface area contributed by atoms with E-state index in [9.17, 15) is 9.59 Å². The monoisotopic (exact) mass is 418 g/mol. The van der Waals surface area contributed by atoms with E-state index in [0.29, 0.717) is 45.5 Å². The number of nitrogens with zero attached hydrogens (tertiary/aromatic N) is 1. The van der Waals surface area contributed by atoms with Crippen LogP contribution in [0.1, 0.15) is 53.5 Å². The van der Waals surface area contributed by atoms with Gasteiger partial charge >= 0.3 is 0 Å². The van der Waals surface area contributed by atoms with E-state index in [2.05, 4.69) is 20.8 Å². The maximum Gasteiger partial charge on any atom is 0.261 e. The fourth-order valence-electron chi connectivity index (χ4n) is 3.87. The zero-order valence-corrected chi connectivity index (χ0v) is 17.9. The number of rotatable bonds is 5. The molecular formula is C25H26N2O4. The number of carbonyl (C=O) groups is 2. The summed E-state index contributed by atoms with van der Waals surface area (Å²) >= 11 is 0. The fourth-order valence-corrected chi connectivity index (χ4v) is 3.87. The Morgan fingerprint density at radius 1 is 0.968 bits per heavy atom. The summed E-state index contributed by atoms with van der Waals surface area (Å²) in [6, 6.07) is 14.5. The standard InChI is InChI=1S/C25H26N2O4/c1-25(2,3)15-8-10-21(19(26)14-15)31-20-11-9-18-22-16(20)6-4-7-17(22)23(29)27(24(18)30)12-5-13-28/h4,6-11,14,28H,5,12-13,26H2,1-3H3. The van der Waals surface area contributed by atoms with Gasteiger partial charge in [-0.3, -0.25) is 14.5 Å². The average Bonchev–Trinajstić information content (AvgIpc) is 2.73. The summed E-state index contributed by atoms with van der Waals surface area (Å²) in [5.41, 5.74) is 8.75. The molecule has 0 fully saturated rings. The van der Waals surface area contributed by atoms with E-state index < -0.39 is 0 Å². The lowest BCUT2D eigenvalue weighted by atomic mass is 9.87. The molecule has 31 heavy (non-hydrogen) atoms. The molecule has 2 amide bonds. The average molecular weight is 418 g/mol. The molecule has 0 aliphatic carbocycles. The summed E-state index contributed by atoms with van der Waals surface area (Å²) < 4.78 is 6.14. The van der Waals surface area contributed by atoms with Crippen LogP contribution in [0.4, 0.5) is 5.69 Å². The van der Waals surface area contributed by atoms with Gasteiger partial charge in [0.2, 0.25) is 0 Å². The zero-order valence-electron chi connectivity index (χ0n) is 17.9. The quantitative estimate of drug-likeness (QED) is 0.470. The predicted molar refractivity (Wildman–Crippen MR) is 121 cm³/mol. The van der Waals surface area contributed by atoms with Crippen LogP contribution in [-0.4, -0.2) is 35.0 Å². The minimum Gasteiger partial charge on any atom is -0.455 e. The summed E-state index contributed by atoms with van der Waals surface area (Å²) in [6.45, 7) is 6.44. The van der Waals surface area contributed by atoms with Crippen molar-refractivity contribution in [2.45, 2.75) is 32.6 Å². The Bertz CT molecular complexity index is 1170. The highest BCUT2D eigenvalue weighted by Gasteiger charge is 2.33. The Balaban J connectivity index is 1.77. The second-order valence-corrected chi connectivity index (χ2v) is 8.78. The van der Waals surface area contributed by atoms with Crippen molar-refractivity contribution in [3.63, 3.8) is 0 Å². The number of benzene rings is 3. The van der Waals surface area contributed by atoms with Crippen LogP contribution in [0.5, 0.6) is 11.5 Å². The Kier molecular flexibility index (Phi) is 5.19. The van der Waals surface area contributed by atoms with Gasteiger partial charge in [0.1, 0.15) is 11.5 Å². The van der Waals surface area contributed by atoms with Crippen molar-refractivity contribution in [3.8, 4) is 11.5 Å². The van der Waals surface area contributed by atoms with Crippen molar-refractivity contribution in [3.05, 3.63) is 65.2 Å². The number of ether oxygens (including phenoxy) is 1. The van der Waals surface area contributed by atoms with Gasteiger partial charge in [-0.2, -0.15) is 0 Å². The maximum absolute atomic E-state index is 12.9. The molecule has 0 spiro atoms. The van der Waals surface area contributed by atoms with E-state index in [1.165, 1.54) is 4.90 Å². The number of carbonyl (C=O) groups excluding carboxylic acids is 2. The highest BCUT2D eigenvalue weighted by molar-refractivity contribution is 6.26. The van der Waals surface area contributed by atoms with Gasteiger partial charge in [0, 0.05) is 35.1 Å². The van der Waals surface area contributed by atoms with E-state index in [0.717, 1.165) is 5.56 Å². The molecule has 6 heteroatoms. The van der Waals surface area contributed by atoms with Gasteiger partial charge in [-0.1, -0.05) is 39.0 Å². The number of nitrogens with two attached hydrogens (primary N) is 1. The van der Waals surface area contributed by atoms with Crippen molar-refractivity contribution in [2.75, 3.05) is 18.9 Å². The first kappa shape index (κ1) is 20.9. The summed E-state index contributed by atoms with van der Waals surface area (Å²) in [5, 5.41) is 10.4. The number of hydrogen-bond acceptors (Lipinski definition) is 5. The van der Waals surface area contributed by atoms with Crippen LogP contribution in [0.3, 0.4) is 0 Å².